The third-order valence-corrected chi connectivity index (χ3v) is 7.12. The molecule has 1 saturated carbocycles. The summed E-state index contributed by atoms with van der Waals surface area (Å²) in [5.74, 6) is -0.501. The van der Waals surface area contributed by atoms with Gasteiger partial charge in [-0.05, 0) is 56.7 Å². The number of fused-ring (bicyclic) bond motifs is 1. The fraction of sp³-hybridized carbons (Fsp3) is 0.565. The molecule has 2 N–H and O–H groups in total. The molecule has 0 spiro atoms. The lowest BCUT2D eigenvalue weighted by molar-refractivity contribution is 0.0895. The van der Waals surface area contributed by atoms with Crippen molar-refractivity contribution in [1.82, 2.24) is 20.1 Å². The molecular weight excluding hydrogens is 399 g/mol. The average Bonchev–Trinajstić information content (AvgIpc) is 3.50. The molecule has 3 heterocycles. The topological polar surface area (TPSA) is 77.7 Å². The van der Waals surface area contributed by atoms with Crippen LogP contribution in [0.25, 0.3) is 10.9 Å². The Bertz CT molecular complexity index is 967. The summed E-state index contributed by atoms with van der Waals surface area (Å²) in [5.41, 5.74) is 1.99. The smallest absolute Gasteiger partial charge is 0.410 e. The van der Waals surface area contributed by atoms with Gasteiger partial charge in [-0.25, -0.2) is 9.18 Å². The summed E-state index contributed by atoms with van der Waals surface area (Å²) in [6, 6.07) is 5.49. The van der Waals surface area contributed by atoms with Crippen molar-refractivity contribution in [2.75, 3.05) is 26.2 Å². The van der Waals surface area contributed by atoms with Gasteiger partial charge in [0.25, 0.3) is 5.91 Å². The SMILES string of the molecule is Cc1ccc(F)c2cc(C(=O)N[C@@H]3CCC[C@@H](N4CCC(N5CCOC5=O)C4)C3)[nH]c12. The lowest BCUT2D eigenvalue weighted by atomic mass is 9.90. The van der Waals surface area contributed by atoms with Gasteiger partial charge in [-0.1, -0.05) is 6.07 Å². The number of H-pyrrole nitrogens is 1. The molecule has 2 amide bonds. The molecule has 1 aliphatic carbocycles. The molecule has 3 fully saturated rings. The van der Waals surface area contributed by atoms with Gasteiger partial charge in [-0.3, -0.25) is 9.69 Å². The Morgan fingerprint density at radius 3 is 2.87 bits per heavy atom. The number of benzene rings is 1. The van der Waals surface area contributed by atoms with Crippen molar-refractivity contribution >= 4 is 22.9 Å². The Morgan fingerprint density at radius 2 is 2.10 bits per heavy atom. The Kier molecular flexibility index (Phi) is 5.33. The van der Waals surface area contributed by atoms with Crippen molar-refractivity contribution in [3.8, 4) is 0 Å². The number of carbonyl (C=O) groups is 2. The van der Waals surface area contributed by atoms with Gasteiger partial charge in [0, 0.05) is 36.6 Å². The molecule has 1 aromatic heterocycles. The van der Waals surface area contributed by atoms with Gasteiger partial charge in [-0.2, -0.15) is 0 Å². The standard InChI is InChI=1S/C23H29FN4O3/c1-14-5-6-19(24)18-12-20(26-21(14)18)22(29)25-15-3-2-4-16(11-15)27-8-7-17(13-27)28-9-10-31-23(28)30/h5-6,12,15-17,26H,2-4,7-11,13H2,1H3,(H,25,29)/t15-,16-,17?/m1/s1. The van der Waals surface area contributed by atoms with Crippen LogP contribution in [-0.2, 0) is 4.74 Å². The maximum atomic E-state index is 14.1. The third kappa shape index (κ3) is 3.89. The predicted molar refractivity (Wildman–Crippen MR) is 115 cm³/mol. The Hall–Kier alpha value is -2.61. The van der Waals surface area contributed by atoms with E-state index in [1.807, 2.05) is 11.8 Å². The number of nitrogens with one attached hydrogen (secondary N) is 2. The molecule has 2 saturated heterocycles. The minimum atomic E-state index is -0.320. The number of rotatable bonds is 4. The van der Waals surface area contributed by atoms with Gasteiger partial charge in [-0.15, -0.1) is 0 Å². The van der Waals surface area contributed by atoms with Crippen LogP contribution in [0.3, 0.4) is 0 Å². The zero-order valence-electron chi connectivity index (χ0n) is 17.8. The number of cyclic esters (lactones) is 1. The van der Waals surface area contributed by atoms with Crippen LogP contribution in [-0.4, -0.2) is 71.2 Å². The summed E-state index contributed by atoms with van der Waals surface area (Å²) in [6.45, 7) is 4.92. The summed E-state index contributed by atoms with van der Waals surface area (Å²) >= 11 is 0. The number of halogens is 1. The number of aryl methyl sites for hydroxylation is 1. The highest BCUT2D eigenvalue weighted by Crippen LogP contribution is 2.29. The second kappa shape index (κ2) is 8.15. The first-order valence-corrected chi connectivity index (χ1v) is 11.3. The maximum Gasteiger partial charge on any atom is 0.410 e. The van der Waals surface area contributed by atoms with E-state index in [2.05, 4.69) is 15.2 Å². The maximum absolute atomic E-state index is 14.1. The molecule has 2 aromatic rings. The van der Waals surface area contributed by atoms with Crippen LogP contribution in [0.2, 0.25) is 0 Å². The fourth-order valence-corrected chi connectivity index (χ4v) is 5.43. The normalized spacial score (nSPS) is 27.1. The van der Waals surface area contributed by atoms with Gasteiger partial charge in [0.1, 0.15) is 18.1 Å². The Labute approximate surface area is 180 Å². The molecular formula is C23H29FN4O3. The number of hydrogen-bond acceptors (Lipinski definition) is 4. The summed E-state index contributed by atoms with van der Waals surface area (Å²) in [7, 11) is 0. The first kappa shape index (κ1) is 20.3. The number of ether oxygens (including phenoxy) is 1. The van der Waals surface area contributed by atoms with Gasteiger partial charge < -0.3 is 19.9 Å². The third-order valence-electron chi connectivity index (χ3n) is 7.12. The second-order valence-corrected chi connectivity index (χ2v) is 9.07. The molecule has 1 aromatic carbocycles. The zero-order valence-corrected chi connectivity index (χ0v) is 17.8. The minimum absolute atomic E-state index is 0.0967. The van der Waals surface area contributed by atoms with Crippen LogP contribution in [0.1, 0.15) is 48.2 Å². The largest absolute Gasteiger partial charge is 0.448 e. The summed E-state index contributed by atoms with van der Waals surface area (Å²) in [5, 5.41) is 3.61. The Balaban J connectivity index is 1.21. The van der Waals surface area contributed by atoms with Crippen LogP contribution < -0.4 is 5.32 Å². The minimum Gasteiger partial charge on any atom is -0.448 e. The highest BCUT2D eigenvalue weighted by molar-refractivity contribution is 5.99. The number of likely N-dealkylation sites (tertiary alicyclic amines) is 1. The lowest BCUT2D eigenvalue weighted by Crippen LogP contribution is -2.46. The first-order chi connectivity index (χ1) is 15.0. The molecule has 3 atom stereocenters. The van der Waals surface area contributed by atoms with Crippen molar-refractivity contribution in [2.24, 2.45) is 0 Å². The summed E-state index contributed by atoms with van der Waals surface area (Å²) < 4.78 is 19.2. The van der Waals surface area contributed by atoms with Crippen LogP contribution in [0.15, 0.2) is 18.2 Å². The highest BCUT2D eigenvalue weighted by Gasteiger charge is 2.38. The number of hydrogen-bond donors (Lipinski definition) is 2. The predicted octanol–water partition coefficient (Wildman–Crippen LogP) is 3.18. The van der Waals surface area contributed by atoms with Crippen LogP contribution in [0, 0.1) is 12.7 Å². The van der Waals surface area contributed by atoms with Crippen molar-refractivity contribution in [2.45, 2.75) is 57.2 Å². The van der Waals surface area contributed by atoms with E-state index in [1.165, 1.54) is 6.07 Å². The summed E-state index contributed by atoms with van der Waals surface area (Å²) in [4.78, 5) is 32.1. The van der Waals surface area contributed by atoms with E-state index in [1.54, 1.807) is 12.1 Å². The van der Waals surface area contributed by atoms with E-state index >= 15 is 0 Å². The lowest BCUT2D eigenvalue weighted by Gasteiger charge is -2.36. The van der Waals surface area contributed by atoms with Crippen molar-refractivity contribution in [1.29, 1.82) is 0 Å². The fourth-order valence-electron chi connectivity index (χ4n) is 5.43. The van der Waals surface area contributed by atoms with E-state index in [-0.39, 0.29) is 29.9 Å². The number of nitrogens with zero attached hydrogens (tertiary/aromatic N) is 2. The van der Waals surface area contributed by atoms with E-state index in [9.17, 15) is 14.0 Å². The van der Waals surface area contributed by atoms with Crippen molar-refractivity contribution in [3.05, 3.63) is 35.3 Å². The van der Waals surface area contributed by atoms with E-state index < -0.39 is 0 Å². The molecule has 0 radical (unpaired) electrons. The van der Waals surface area contributed by atoms with Crippen molar-refractivity contribution < 1.29 is 18.7 Å². The van der Waals surface area contributed by atoms with E-state index in [0.717, 1.165) is 50.8 Å². The molecule has 5 rings (SSSR count). The molecule has 7 nitrogen and oxygen atoms in total. The van der Waals surface area contributed by atoms with Gasteiger partial charge in [0.2, 0.25) is 0 Å². The monoisotopic (exact) mass is 428 g/mol. The van der Waals surface area contributed by atoms with Crippen molar-refractivity contribution in [3.63, 3.8) is 0 Å². The average molecular weight is 429 g/mol. The number of aromatic nitrogens is 1. The molecule has 8 heteroatoms. The molecule has 2 aliphatic heterocycles. The van der Waals surface area contributed by atoms with Gasteiger partial charge in [0.15, 0.2) is 0 Å². The van der Waals surface area contributed by atoms with E-state index in [0.29, 0.717) is 35.8 Å². The zero-order chi connectivity index (χ0) is 21.5. The molecule has 3 aliphatic rings. The highest BCUT2D eigenvalue weighted by atomic mass is 19.1. The van der Waals surface area contributed by atoms with Crippen LogP contribution >= 0.6 is 0 Å². The molecule has 1 unspecified atom stereocenters. The number of amides is 2. The van der Waals surface area contributed by atoms with E-state index in [4.69, 9.17) is 4.74 Å². The molecule has 166 valence electrons. The van der Waals surface area contributed by atoms with Crippen LogP contribution in [0.4, 0.5) is 9.18 Å². The second-order valence-electron chi connectivity index (χ2n) is 9.07. The van der Waals surface area contributed by atoms with Crippen LogP contribution in [0.5, 0.6) is 0 Å². The number of aromatic amines is 1. The number of carbonyl (C=O) groups excluding carboxylic acids is 2. The quantitative estimate of drug-likeness (QED) is 0.784. The first-order valence-electron chi connectivity index (χ1n) is 11.3. The Morgan fingerprint density at radius 1 is 1.23 bits per heavy atom. The van der Waals surface area contributed by atoms with Gasteiger partial charge in [0.05, 0.1) is 12.1 Å². The van der Waals surface area contributed by atoms with Gasteiger partial charge >= 0.3 is 6.09 Å². The molecule has 31 heavy (non-hydrogen) atoms. The molecule has 0 bridgehead atoms. The summed E-state index contributed by atoms with van der Waals surface area (Å²) in [6.07, 6.45) is 4.80.